The Morgan fingerprint density at radius 3 is 2.84 bits per heavy atom. The van der Waals surface area contributed by atoms with Gasteiger partial charge in [0, 0.05) is 29.4 Å². The summed E-state index contributed by atoms with van der Waals surface area (Å²) < 4.78 is 14.1. The van der Waals surface area contributed by atoms with E-state index in [2.05, 4.69) is 25.6 Å². The predicted octanol–water partition coefficient (Wildman–Crippen LogP) is 4.36. The zero-order chi connectivity index (χ0) is 17.2. The summed E-state index contributed by atoms with van der Waals surface area (Å²) >= 11 is 3.55. The molecule has 1 aromatic carbocycles. The first kappa shape index (κ1) is 16.4. The lowest BCUT2D eigenvalue weighted by molar-refractivity contribution is 0.120. The van der Waals surface area contributed by atoms with E-state index in [-0.39, 0.29) is 6.10 Å². The summed E-state index contributed by atoms with van der Waals surface area (Å²) in [6.45, 7) is 1.64. The molecule has 0 aliphatic carbocycles. The van der Waals surface area contributed by atoms with Crippen LogP contribution in [-0.4, -0.2) is 35.8 Å². The lowest BCUT2D eigenvalue weighted by atomic mass is 10.1. The van der Waals surface area contributed by atoms with Gasteiger partial charge in [0.05, 0.1) is 13.2 Å². The minimum Gasteiger partial charge on any atom is -0.497 e. The van der Waals surface area contributed by atoms with Gasteiger partial charge in [0.15, 0.2) is 0 Å². The number of halogens is 1. The highest BCUT2D eigenvalue weighted by Gasteiger charge is 2.19. The van der Waals surface area contributed by atoms with Crippen LogP contribution < -0.4 is 10.1 Å². The Morgan fingerprint density at radius 1 is 1.28 bits per heavy atom. The van der Waals surface area contributed by atoms with E-state index < -0.39 is 0 Å². The number of hydrogen-bond donors (Lipinski definition) is 1. The summed E-state index contributed by atoms with van der Waals surface area (Å²) in [5.74, 6) is 1.82. The topological polar surface area (TPSA) is 47.8 Å². The highest BCUT2D eigenvalue weighted by molar-refractivity contribution is 9.10. The van der Waals surface area contributed by atoms with Crippen molar-refractivity contribution in [1.29, 1.82) is 0 Å². The molecule has 2 aromatic heterocycles. The molecule has 0 bridgehead atoms. The van der Waals surface area contributed by atoms with Crippen molar-refractivity contribution in [2.75, 3.05) is 25.6 Å². The smallest absolute Gasteiger partial charge is 0.139 e. The van der Waals surface area contributed by atoms with Gasteiger partial charge < -0.3 is 14.8 Å². The molecule has 0 unspecified atom stereocenters. The number of ether oxygens (including phenoxy) is 2. The molecule has 25 heavy (non-hydrogen) atoms. The van der Waals surface area contributed by atoms with Gasteiger partial charge in [-0.15, -0.1) is 0 Å². The van der Waals surface area contributed by atoms with Crippen LogP contribution in [0.2, 0.25) is 0 Å². The standard InChI is InChI=1S/C19H20BrN3O2/c1-24-15-7-4-13(5-8-15)18-19(21-11-16-3-2-10-25-16)23-12-14(20)6-9-17(23)22-18/h4-9,12,16,21H,2-3,10-11H2,1H3/t16-/m0/s1. The first-order chi connectivity index (χ1) is 12.2. The van der Waals surface area contributed by atoms with Crippen LogP contribution in [0, 0.1) is 0 Å². The average Bonchev–Trinajstić information content (AvgIpc) is 3.27. The fourth-order valence-corrected chi connectivity index (χ4v) is 3.49. The minimum absolute atomic E-state index is 0.265. The monoisotopic (exact) mass is 401 g/mol. The maximum Gasteiger partial charge on any atom is 0.139 e. The van der Waals surface area contributed by atoms with Crippen molar-refractivity contribution in [1.82, 2.24) is 9.38 Å². The Labute approximate surface area is 155 Å². The third kappa shape index (κ3) is 3.37. The lowest BCUT2D eigenvalue weighted by Gasteiger charge is -2.13. The molecule has 1 aliphatic heterocycles. The zero-order valence-electron chi connectivity index (χ0n) is 14.0. The van der Waals surface area contributed by atoms with E-state index >= 15 is 0 Å². The number of imidazole rings is 1. The van der Waals surface area contributed by atoms with Gasteiger partial charge in [-0.05, 0) is 65.2 Å². The molecular weight excluding hydrogens is 382 g/mol. The number of nitrogens with zero attached hydrogens (tertiary/aromatic N) is 2. The van der Waals surface area contributed by atoms with Crippen molar-refractivity contribution < 1.29 is 9.47 Å². The predicted molar refractivity (Wildman–Crippen MR) is 102 cm³/mol. The first-order valence-electron chi connectivity index (χ1n) is 8.42. The number of methoxy groups -OCH3 is 1. The van der Waals surface area contributed by atoms with Crippen LogP contribution >= 0.6 is 15.9 Å². The van der Waals surface area contributed by atoms with Gasteiger partial charge in [-0.3, -0.25) is 4.40 Å². The van der Waals surface area contributed by atoms with E-state index in [1.54, 1.807) is 7.11 Å². The molecule has 1 N–H and O–H groups in total. The Bertz CT molecular complexity index is 870. The van der Waals surface area contributed by atoms with Crippen LogP contribution in [0.1, 0.15) is 12.8 Å². The number of aromatic nitrogens is 2. The molecule has 1 aliphatic rings. The molecule has 0 radical (unpaired) electrons. The minimum atomic E-state index is 0.265. The van der Waals surface area contributed by atoms with Crippen molar-refractivity contribution in [3.05, 3.63) is 47.1 Å². The van der Waals surface area contributed by atoms with Gasteiger partial charge in [0.1, 0.15) is 22.9 Å². The Kier molecular flexibility index (Phi) is 4.63. The van der Waals surface area contributed by atoms with Gasteiger partial charge in [-0.2, -0.15) is 0 Å². The molecular formula is C19H20BrN3O2. The van der Waals surface area contributed by atoms with Gasteiger partial charge in [0.2, 0.25) is 0 Å². The Hall–Kier alpha value is -2.05. The van der Waals surface area contributed by atoms with Crippen LogP contribution in [-0.2, 0) is 4.74 Å². The van der Waals surface area contributed by atoms with Crippen LogP contribution in [0.4, 0.5) is 5.82 Å². The maximum atomic E-state index is 5.74. The van der Waals surface area contributed by atoms with E-state index in [4.69, 9.17) is 14.5 Å². The van der Waals surface area contributed by atoms with Gasteiger partial charge >= 0.3 is 0 Å². The van der Waals surface area contributed by atoms with Crippen LogP contribution in [0.5, 0.6) is 5.75 Å². The van der Waals surface area contributed by atoms with E-state index in [0.717, 1.165) is 58.9 Å². The zero-order valence-corrected chi connectivity index (χ0v) is 15.6. The number of benzene rings is 1. The van der Waals surface area contributed by atoms with E-state index in [0.29, 0.717) is 0 Å². The van der Waals surface area contributed by atoms with E-state index in [1.807, 2.05) is 42.6 Å². The number of pyridine rings is 1. The second kappa shape index (κ2) is 7.06. The van der Waals surface area contributed by atoms with Crippen molar-refractivity contribution in [3.8, 4) is 17.0 Å². The van der Waals surface area contributed by atoms with Gasteiger partial charge in [-0.25, -0.2) is 4.98 Å². The molecule has 4 rings (SSSR count). The molecule has 5 nitrogen and oxygen atoms in total. The number of anilines is 1. The third-order valence-electron chi connectivity index (χ3n) is 4.47. The highest BCUT2D eigenvalue weighted by Crippen LogP contribution is 2.31. The van der Waals surface area contributed by atoms with Crippen molar-refractivity contribution >= 4 is 27.4 Å². The highest BCUT2D eigenvalue weighted by atomic mass is 79.9. The SMILES string of the molecule is COc1ccc(-c2nc3ccc(Br)cn3c2NC[C@@H]2CCCO2)cc1. The molecule has 3 aromatic rings. The molecule has 6 heteroatoms. The number of nitrogens with one attached hydrogen (secondary N) is 1. The molecule has 130 valence electrons. The van der Waals surface area contributed by atoms with E-state index in [1.165, 1.54) is 0 Å². The molecule has 1 fully saturated rings. The summed E-state index contributed by atoms with van der Waals surface area (Å²) in [6, 6.07) is 12.0. The molecule has 1 atom stereocenters. The summed E-state index contributed by atoms with van der Waals surface area (Å²) in [5.41, 5.74) is 2.89. The number of hydrogen-bond acceptors (Lipinski definition) is 4. The van der Waals surface area contributed by atoms with E-state index in [9.17, 15) is 0 Å². The largest absolute Gasteiger partial charge is 0.497 e. The average molecular weight is 402 g/mol. The van der Waals surface area contributed by atoms with Crippen LogP contribution in [0.15, 0.2) is 47.1 Å². The quantitative estimate of drug-likeness (QED) is 0.689. The fourth-order valence-electron chi connectivity index (χ4n) is 3.15. The molecule has 0 amide bonds. The summed E-state index contributed by atoms with van der Waals surface area (Å²) in [6.07, 6.45) is 4.54. The van der Waals surface area contributed by atoms with Crippen LogP contribution in [0.25, 0.3) is 16.9 Å². The summed E-state index contributed by atoms with van der Waals surface area (Å²) in [5, 5.41) is 3.56. The second-order valence-electron chi connectivity index (χ2n) is 6.13. The van der Waals surface area contributed by atoms with Crippen LogP contribution in [0.3, 0.4) is 0 Å². The molecule has 1 saturated heterocycles. The van der Waals surface area contributed by atoms with Crippen molar-refractivity contribution in [3.63, 3.8) is 0 Å². The first-order valence-corrected chi connectivity index (χ1v) is 9.21. The van der Waals surface area contributed by atoms with Gasteiger partial charge in [-0.1, -0.05) is 0 Å². The van der Waals surface area contributed by atoms with Crippen molar-refractivity contribution in [2.45, 2.75) is 18.9 Å². The molecule has 0 saturated carbocycles. The Morgan fingerprint density at radius 2 is 2.12 bits per heavy atom. The molecule has 0 spiro atoms. The summed E-state index contributed by atoms with van der Waals surface area (Å²) in [4.78, 5) is 4.82. The number of fused-ring (bicyclic) bond motifs is 1. The summed E-state index contributed by atoms with van der Waals surface area (Å²) in [7, 11) is 1.67. The molecule has 3 heterocycles. The fraction of sp³-hybridized carbons (Fsp3) is 0.316. The Balaban J connectivity index is 1.74. The second-order valence-corrected chi connectivity index (χ2v) is 7.04. The van der Waals surface area contributed by atoms with Crippen molar-refractivity contribution in [2.24, 2.45) is 0 Å². The maximum absolute atomic E-state index is 5.74. The number of rotatable bonds is 5. The normalized spacial score (nSPS) is 17.1. The van der Waals surface area contributed by atoms with Gasteiger partial charge in [0.25, 0.3) is 0 Å². The lowest BCUT2D eigenvalue weighted by Crippen LogP contribution is -2.19. The third-order valence-corrected chi connectivity index (χ3v) is 4.94.